The molecule has 0 spiro atoms. The maximum Gasteiger partial charge on any atom is 0.315 e. The molecule has 4 rings (SSSR count). The normalized spacial score (nSPS) is 14.8. The van der Waals surface area contributed by atoms with Crippen molar-refractivity contribution in [2.45, 2.75) is 32.5 Å². The van der Waals surface area contributed by atoms with Gasteiger partial charge < -0.3 is 24.4 Å². The van der Waals surface area contributed by atoms with Crippen molar-refractivity contribution in [1.29, 1.82) is 0 Å². The van der Waals surface area contributed by atoms with Gasteiger partial charge in [-0.05, 0) is 6.92 Å². The van der Waals surface area contributed by atoms with Crippen molar-refractivity contribution < 1.29 is 13.9 Å². The Balaban J connectivity index is 1.33. The summed E-state index contributed by atoms with van der Waals surface area (Å²) in [6.45, 7) is 4.06. The van der Waals surface area contributed by atoms with Gasteiger partial charge in [-0.3, -0.25) is 0 Å². The van der Waals surface area contributed by atoms with E-state index in [-0.39, 0.29) is 18.6 Å². The van der Waals surface area contributed by atoms with Crippen LogP contribution in [0.5, 0.6) is 0 Å². The van der Waals surface area contributed by atoms with Crippen LogP contribution in [0.15, 0.2) is 40.9 Å². The summed E-state index contributed by atoms with van der Waals surface area (Å²) < 4.78 is 13.2. The fourth-order valence-electron chi connectivity index (χ4n) is 3.06. The van der Waals surface area contributed by atoms with E-state index in [2.05, 4.69) is 25.8 Å². The van der Waals surface area contributed by atoms with Crippen LogP contribution in [0.25, 0.3) is 11.3 Å². The molecule has 1 aliphatic rings. The molecule has 1 aliphatic heterocycles. The summed E-state index contributed by atoms with van der Waals surface area (Å²) in [5.74, 6) is 2.71. The van der Waals surface area contributed by atoms with Gasteiger partial charge in [0.1, 0.15) is 11.9 Å². The quantitative estimate of drug-likeness (QED) is 0.699. The third-order valence-corrected chi connectivity index (χ3v) is 4.54. The maximum absolute atomic E-state index is 12.3. The molecule has 1 aromatic carbocycles. The highest BCUT2D eigenvalue weighted by Gasteiger charge is 2.18. The van der Waals surface area contributed by atoms with E-state index >= 15 is 0 Å². The Kier molecular flexibility index (Phi) is 5.34. The number of urea groups is 1. The number of hydrogen-bond acceptors (Lipinski definition) is 6. The molecule has 9 heteroatoms. The number of ether oxygens (including phenoxy) is 1. The van der Waals surface area contributed by atoms with E-state index in [9.17, 15) is 4.79 Å². The van der Waals surface area contributed by atoms with Crippen molar-refractivity contribution in [2.24, 2.45) is 0 Å². The first-order valence-corrected chi connectivity index (χ1v) is 9.25. The highest BCUT2D eigenvalue weighted by Crippen LogP contribution is 2.22. The summed E-state index contributed by atoms with van der Waals surface area (Å²) in [6.07, 6.45) is 2.39. The number of carbonyl (C=O) groups excluding carboxylic acids is 1. The van der Waals surface area contributed by atoms with Crippen molar-refractivity contribution in [1.82, 2.24) is 30.4 Å². The fourth-order valence-corrected chi connectivity index (χ4v) is 3.06. The average molecular weight is 382 g/mol. The van der Waals surface area contributed by atoms with Crippen LogP contribution in [-0.4, -0.2) is 39.0 Å². The zero-order chi connectivity index (χ0) is 19.3. The second kappa shape index (κ2) is 8.22. The van der Waals surface area contributed by atoms with Gasteiger partial charge in [0, 0.05) is 18.5 Å². The molecule has 146 valence electrons. The Bertz CT molecular complexity index is 936. The Labute approximate surface area is 162 Å². The van der Waals surface area contributed by atoms with Crippen molar-refractivity contribution in [3.8, 4) is 11.3 Å². The third-order valence-electron chi connectivity index (χ3n) is 4.54. The van der Waals surface area contributed by atoms with Gasteiger partial charge in [0.25, 0.3) is 0 Å². The minimum absolute atomic E-state index is 0.284. The molecule has 2 N–H and O–H groups in total. The monoisotopic (exact) mass is 382 g/mol. The van der Waals surface area contributed by atoms with Crippen molar-refractivity contribution >= 4 is 6.03 Å². The van der Waals surface area contributed by atoms with Crippen LogP contribution < -0.4 is 10.6 Å². The van der Waals surface area contributed by atoms with Crippen LogP contribution in [0, 0.1) is 0 Å². The van der Waals surface area contributed by atoms with Gasteiger partial charge in [-0.2, -0.15) is 0 Å². The van der Waals surface area contributed by atoms with Crippen LogP contribution in [0.3, 0.4) is 0 Å². The second-order valence-electron chi connectivity index (χ2n) is 6.52. The molecule has 0 saturated carbocycles. The van der Waals surface area contributed by atoms with E-state index in [1.54, 1.807) is 6.20 Å². The summed E-state index contributed by atoms with van der Waals surface area (Å²) in [5.41, 5.74) is 0.939. The van der Waals surface area contributed by atoms with Gasteiger partial charge in [-0.15, -0.1) is 10.2 Å². The van der Waals surface area contributed by atoms with Gasteiger partial charge in [0.15, 0.2) is 11.6 Å². The van der Waals surface area contributed by atoms with Crippen LogP contribution in [0.2, 0.25) is 0 Å². The van der Waals surface area contributed by atoms with Gasteiger partial charge in [0.2, 0.25) is 5.89 Å². The Morgan fingerprint density at radius 3 is 2.96 bits per heavy atom. The van der Waals surface area contributed by atoms with Crippen LogP contribution >= 0.6 is 0 Å². The first-order chi connectivity index (χ1) is 13.7. The Hall–Kier alpha value is -3.20. The summed E-state index contributed by atoms with van der Waals surface area (Å²) in [4.78, 5) is 16.5. The number of rotatable bonds is 5. The summed E-state index contributed by atoms with van der Waals surface area (Å²) in [7, 11) is 0. The van der Waals surface area contributed by atoms with Gasteiger partial charge in [-0.25, -0.2) is 9.78 Å². The maximum atomic E-state index is 12.3. The lowest BCUT2D eigenvalue weighted by Crippen LogP contribution is -2.37. The summed E-state index contributed by atoms with van der Waals surface area (Å²) in [6, 6.07) is 9.00. The fraction of sp³-hybridized carbons (Fsp3) is 0.368. The molecule has 3 aromatic rings. The molecule has 2 amide bonds. The van der Waals surface area contributed by atoms with Crippen molar-refractivity contribution in [3.63, 3.8) is 0 Å². The largest absolute Gasteiger partial charge is 0.438 e. The number of fused-ring (bicyclic) bond motifs is 1. The summed E-state index contributed by atoms with van der Waals surface area (Å²) >= 11 is 0. The van der Waals surface area contributed by atoms with Gasteiger partial charge in [-0.1, -0.05) is 30.3 Å². The molecule has 28 heavy (non-hydrogen) atoms. The molecule has 0 fully saturated rings. The Morgan fingerprint density at radius 2 is 2.11 bits per heavy atom. The van der Waals surface area contributed by atoms with E-state index in [1.807, 2.05) is 41.8 Å². The molecule has 0 aliphatic carbocycles. The van der Waals surface area contributed by atoms with E-state index in [1.165, 1.54) is 0 Å². The summed E-state index contributed by atoms with van der Waals surface area (Å²) in [5, 5.41) is 14.0. The zero-order valence-electron chi connectivity index (χ0n) is 15.6. The standard InChI is InChI=1S/C19H22N6O3/c1-13(18-20-11-15(28-18)14-5-3-2-4-6-14)22-19(26)21-12-17-24-23-16-7-9-27-10-8-25(16)17/h2-6,11,13H,7-10,12H2,1H3,(H2,21,22,26). The molecule has 1 atom stereocenters. The molecule has 1 unspecified atom stereocenters. The molecular formula is C19H22N6O3. The molecule has 9 nitrogen and oxygen atoms in total. The molecule has 3 heterocycles. The molecule has 0 saturated heterocycles. The molecule has 2 aromatic heterocycles. The first-order valence-electron chi connectivity index (χ1n) is 9.25. The van der Waals surface area contributed by atoms with Crippen LogP contribution in [-0.2, 0) is 24.2 Å². The number of nitrogens with zero attached hydrogens (tertiary/aromatic N) is 4. The van der Waals surface area contributed by atoms with Crippen molar-refractivity contribution in [3.05, 3.63) is 54.1 Å². The smallest absolute Gasteiger partial charge is 0.315 e. The molecular weight excluding hydrogens is 360 g/mol. The number of oxazole rings is 1. The number of carbonyl (C=O) groups is 1. The minimum atomic E-state index is -0.374. The predicted octanol–water partition coefficient (Wildman–Crippen LogP) is 2.07. The third kappa shape index (κ3) is 4.04. The number of benzene rings is 1. The van der Waals surface area contributed by atoms with Crippen molar-refractivity contribution in [2.75, 3.05) is 13.2 Å². The molecule has 0 radical (unpaired) electrons. The average Bonchev–Trinajstić information content (AvgIpc) is 3.29. The second-order valence-corrected chi connectivity index (χ2v) is 6.52. The number of nitrogens with one attached hydrogen (secondary N) is 2. The number of hydrogen-bond donors (Lipinski definition) is 2. The topological polar surface area (TPSA) is 107 Å². The number of amides is 2. The lowest BCUT2D eigenvalue weighted by atomic mass is 10.2. The molecule has 0 bridgehead atoms. The van der Waals surface area contributed by atoms with E-state index in [4.69, 9.17) is 9.15 Å². The Morgan fingerprint density at radius 1 is 1.25 bits per heavy atom. The first kappa shape index (κ1) is 18.2. The minimum Gasteiger partial charge on any atom is -0.438 e. The SMILES string of the molecule is CC(NC(=O)NCc1nnc2n1CCOCC2)c1ncc(-c2ccccc2)o1. The highest BCUT2D eigenvalue weighted by molar-refractivity contribution is 5.74. The zero-order valence-corrected chi connectivity index (χ0v) is 15.6. The van der Waals surface area contributed by atoms with E-state index in [0.717, 1.165) is 17.8 Å². The van der Waals surface area contributed by atoms with Crippen LogP contribution in [0.4, 0.5) is 4.79 Å². The van der Waals surface area contributed by atoms with E-state index in [0.29, 0.717) is 37.2 Å². The van der Waals surface area contributed by atoms with Gasteiger partial charge >= 0.3 is 6.03 Å². The lowest BCUT2D eigenvalue weighted by molar-refractivity contribution is 0.139. The number of aromatic nitrogens is 4. The predicted molar refractivity (Wildman–Crippen MR) is 100 cm³/mol. The highest BCUT2D eigenvalue weighted by atomic mass is 16.5. The van der Waals surface area contributed by atoms with E-state index < -0.39 is 0 Å². The lowest BCUT2D eigenvalue weighted by Gasteiger charge is -2.12. The van der Waals surface area contributed by atoms with Gasteiger partial charge in [0.05, 0.1) is 26.0 Å². The van der Waals surface area contributed by atoms with Crippen LogP contribution in [0.1, 0.15) is 30.5 Å².